The Bertz CT molecular complexity index is 1050. The molecule has 0 saturated carbocycles. The lowest BCUT2D eigenvalue weighted by molar-refractivity contribution is -0.580. The van der Waals surface area contributed by atoms with Crippen molar-refractivity contribution in [1.29, 1.82) is 0 Å². The summed E-state index contributed by atoms with van der Waals surface area (Å²) in [7, 11) is 1.19. The Labute approximate surface area is 167 Å². The maximum atomic E-state index is 12.7. The number of aromatic nitrogens is 2. The lowest BCUT2D eigenvalue weighted by atomic mass is 10.2. The lowest BCUT2D eigenvalue weighted by Gasteiger charge is -2.18. The van der Waals surface area contributed by atoms with E-state index in [0.29, 0.717) is 15.9 Å². The number of rotatable bonds is 4. The molecular formula is C21H22N2O6. The van der Waals surface area contributed by atoms with Crippen molar-refractivity contribution in [2.24, 2.45) is 0 Å². The largest absolute Gasteiger partial charge is 0.710 e. The van der Waals surface area contributed by atoms with Crippen molar-refractivity contribution in [3.8, 4) is 5.75 Å². The number of carbonyl (C=O) groups excluding carboxylic acids is 2. The predicted molar refractivity (Wildman–Crippen MR) is 105 cm³/mol. The first-order valence-corrected chi connectivity index (χ1v) is 8.96. The van der Waals surface area contributed by atoms with Crippen LogP contribution in [0.2, 0.25) is 0 Å². The maximum Gasteiger partial charge on any atom is 0.513 e. The molecule has 3 rings (SSSR count). The van der Waals surface area contributed by atoms with Gasteiger partial charge in [0.05, 0.1) is 12.5 Å². The molecular weight excluding hydrogens is 376 g/mol. The second kappa shape index (κ2) is 7.83. The number of ether oxygens (including phenoxy) is 3. The minimum absolute atomic E-state index is 0.0493. The van der Waals surface area contributed by atoms with Crippen LogP contribution in [-0.2, 0) is 16.1 Å². The van der Waals surface area contributed by atoms with Gasteiger partial charge in [-0.3, -0.25) is 0 Å². The molecule has 29 heavy (non-hydrogen) atoms. The summed E-state index contributed by atoms with van der Waals surface area (Å²) in [6.07, 6.45) is 0.350. The highest BCUT2D eigenvalue weighted by molar-refractivity contribution is 5.99. The van der Waals surface area contributed by atoms with Gasteiger partial charge < -0.3 is 19.4 Å². The monoisotopic (exact) mass is 398 g/mol. The van der Waals surface area contributed by atoms with Gasteiger partial charge in [0.2, 0.25) is 5.69 Å². The fraction of sp³-hybridized carbons (Fsp3) is 0.286. The van der Waals surface area contributed by atoms with Crippen LogP contribution in [0.4, 0.5) is 4.79 Å². The molecule has 0 fully saturated rings. The predicted octanol–water partition coefficient (Wildman–Crippen LogP) is 3.42. The number of carbonyl (C=O) groups is 2. The van der Waals surface area contributed by atoms with Crippen molar-refractivity contribution >= 4 is 23.1 Å². The SMILES string of the molecule is COC(=O)c1cc2cc(OCc3ccccc3)c[n+]([O-])c2n1C(=O)OC(C)(C)C. The zero-order valence-corrected chi connectivity index (χ0v) is 16.7. The van der Waals surface area contributed by atoms with Gasteiger partial charge in [0, 0.05) is 6.07 Å². The van der Waals surface area contributed by atoms with Gasteiger partial charge in [-0.05, 0) is 32.4 Å². The smallest absolute Gasteiger partial charge is 0.513 e. The van der Waals surface area contributed by atoms with Gasteiger partial charge in [-0.25, -0.2) is 9.52 Å². The maximum absolute atomic E-state index is 12.7. The first kappa shape index (κ1) is 20.2. The number of nitrogens with zero attached hydrogens (tertiary/aromatic N) is 2. The topological polar surface area (TPSA) is 93.7 Å². The minimum atomic E-state index is -0.851. The number of hydrogen-bond acceptors (Lipinski definition) is 6. The van der Waals surface area contributed by atoms with E-state index in [1.807, 2.05) is 30.3 Å². The molecule has 2 heterocycles. The standard InChI is InChI=1S/C21H22N2O6/c1-21(2,3)29-20(25)23-17(19(24)27-4)11-15-10-16(12-22(26)18(15)23)28-13-14-8-6-5-7-9-14/h5-12H,13H2,1-4H3. The number of fused-ring (bicyclic) bond motifs is 1. The number of pyridine rings is 1. The van der Waals surface area contributed by atoms with Crippen LogP contribution < -0.4 is 9.47 Å². The van der Waals surface area contributed by atoms with E-state index < -0.39 is 17.7 Å². The highest BCUT2D eigenvalue weighted by Gasteiger charge is 2.33. The minimum Gasteiger partial charge on any atom is -0.710 e. The van der Waals surface area contributed by atoms with Gasteiger partial charge in [0.1, 0.15) is 18.4 Å². The number of hydrogen-bond donors (Lipinski definition) is 0. The van der Waals surface area contributed by atoms with Crippen molar-refractivity contribution < 1.29 is 28.5 Å². The number of methoxy groups -OCH3 is 1. The van der Waals surface area contributed by atoms with Gasteiger partial charge in [0.25, 0.3) is 0 Å². The Morgan fingerprint density at radius 2 is 1.83 bits per heavy atom. The van der Waals surface area contributed by atoms with Crippen LogP contribution in [0.5, 0.6) is 5.75 Å². The summed E-state index contributed by atoms with van der Waals surface area (Å²) < 4.78 is 17.2. The average molecular weight is 398 g/mol. The zero-order chi connectivity index (χ0) is 21.2. The Balaban J connectivity index is 2.03. The van der Waals surface area contributed by atoms with Crippen LogP contribution in [-0.4, -0.2) is 29.3 Å². The molecule has 0 radical (unpaired) electrons. The van der Waals surface area contributed by atoms with E-state index in [-0.39, 0.29) is 17.9 Å². The number of benzene rings is 1. The fourth-order valence-corrected chi connectivity index (χ4v) is 2.79. The molecule has 0 unspecified atom stereocenters. The first-order chi connectivity index (χ1) is 13.7. The van der Waals surface area contributed by atoms with E-state index in [1.165, 1.54) is 19.4 Å². The van der Waals surface area contributed by atoms with E-state index in [4.69, 9.17) is 14.2 Å². The van der Waals surface area contributed by atoms with Gasteiger partial charge in [-0.2, -0.15) is 4.79 Å². The summed E-state index contributed by atoms with van der Waals surface area (Å²) >= 11 is 0. The Kier molecular flexibility index (Phi) is 5.45. The summed E-state index contributed by atoms with van der Waals surface area (Å²) in [5.41, 5.74) is -0.0343. The van der Waals surface area contributed by atoms with Crippen LogP contribution in [0.15, 0.2) is 48.7 Å². The normalized spacial score (nSPS) is 11.3. The molecule has 0 aliphatic carbocycles. The van der Waals surface area contributed by atoms with Crippen molar-refractivity contribution in [3.05, 3.63) is 65.1 Å². The van der Waals surface area contributed by atoms with E-state index in [1.54, 1.807) is 26.8 Å². The van der Waals surface area contributed by atoms with Crippen LogP contribution in [0.3, 0.4) is 0 Å². The van der Waals surface area contributed by atoms with Crippen molar-refractivity contribution in [2.75, 3.05) is 7.11 Å². The lowest BCUT2D eigenvalue weighted by Crippen LogP contribution is -2.35. The second-order valence-electron chi connectivity index (χ2n) is 7.39. The molecule has 0 N–H and O–H groups in total. The molecule has 0 bridgehead atoms. The van der Waals surface area contributed by atoms with Crippen LogP contribution in [0.1, 0.15) is 36.8 Å². The van der Waals surface area contributed by atoms with Crippen molar-refractivity contribution in [2.45, 2.75) is 33.0 Å². The fourth-order valence-electron chi connectivity index (χ4n) is 2.79. The third-order valence-electron chi connectivity index (χ3n) is 3.97. The molecule has 1 aromatic carbocycles. The second-order valence-corrected chi connectivity index (χ2v) is 7.39. The molecule has 2 aromatic heterocycles. The summed E-state index contributed by atoms with van der Waals surface area (Å²) in [6.45, 7) is 5.34. The quantitative estimate of drug-likeness (QED) is 0.380. The average Bonchev–Trinajstić information content (AvgIpc) is 3.05. The van der Waals surface area contributed by atoms with E-state index in [9.17, 15) is 14.8 Å². The van der Waals surface area contributed by atoms with Gasteiger partial charge in [-0.15, -0.1) is 4.57 Å². The zero-order valence-electron chi connectivity index (χ0n) is 16.7. The van der Waals surface area contributed by atoms with Crippen LogP contribution >= 0.6 is 0 Å². The van der Waals surface area contributed by atoms with Gasteiger partial charge in [-0.1, -0.05) is 30.3 Å². The molecule has 0 spiro atoms. The summed E-state index contributed by atoms with van der Waals surface area (Å²) in [6, 6.07) is 12.5. The Morgan fingerprint density at radius 3 is 2.45 bits per heavy atom. The molecule has 8 heteroatoms. The van der Waals surface area contributed by atoms with Gasteiger partial charge >= 0.3 is 17.7 Å². The van der Waals surface area contributed by atoms with E-state index in [0.717, 1.165) is 10.1 Å². The molecule has 152 valence electrons. The highest BCUT2D eigenvalue weighted by Crippen LogP contribution is 2.24. The molecule has 0 saturated heterocycles. The van der Waals surface area contributed by atoms with Crippen LogP contribution in [0.25, 0.3) is 11.0 Å². The van der Waals surface area contributed by atoms with Gasteiger partial charge in [0.15, 0.2) is 5.75 Å². The van der Waals surface area contributed by atoms with E-state index >= 15 is 0 Å². The summed E-state index contributed by atoms with van der Waals surface area (Å²) in [4.78, 5) is 24.9. The molecule has 0 atom stereocenters. The van der Waals surface area contributed by atoms with Crippen molar-refractivity contribution in [3.63, 3.8) is 0 Å². The van der Waals surface area contributed by atoms with Crippen molar-refractivity contribution in [1.82, 2.24) is 4.57 Å². The van der Waals surface area contributed by atoms with E-state index in [2.05, 4.69) is 0 Å². The third-order valence-corrected chi connectivity index (χ3v) is 3.97. The third kappa shape index (κ3) is 4.48. The highest BCUT2D eigenvalue weighted by atomic mass is 16.6. The first-order valence-electron chi connectivity index (χ1n) is 8.96. The summed E-state index contributed by atoms with van der Waals surface area (Å²) in [5.74, 6) is -0.465. The molecule has 0 amide bonds. The molecule has 0 aliphatic rings. The van der Waals surface area contributed by atoms with Crippen LogP contribution in [0, 0.1) is 5.21 Å². The Hall–Kier alpha value is -3.55. The molecule has 3 aromatic rings. The molecule has 0 aliphatic heterocycles. The summed E-state index contributed by atoms with van der Waals surface area (Å²) in [5, 5.41) is 13.0. The Morgan fingerprint density at radius 1 is 1.14 bits per heavy atom. The number of esters is 1. The molecule has 8 nitrogen and oxygen atoms in total.